The maximum Gasteiger partial charge on any atom is 0.407 e. The Hall–Kier alpha value is -3.35. The molecule has 0 heterocycles. The summed E-state index contributed by atoms with van der Waals surface area (Å²) in [5, 5.41) is 11.4. The molecular formula is C24H27NO6. The molecule has 1 aliphatic rings. The summed E-state index contributed by atoms with van der Waals surface area (Å²) in [5.41, 5.74) is 4.40. The van der Waals surface area contributed by atoms with Crippen LogP contribution < -0.4 is 5.32 Å². The van der Waals surface area contributed by atoms with E-state index >= 15 is 0 Å². The number of nitrogens with one attached hydrogen (secondary N) is 1. The summed E-state index contributed by atoms with van der Waals surface area (Å²) >= 11 is 0. The normalized spacial score (nSPS) is 13.1. The van der Waals surface area contributed by atoms with Gasteiger partial charge in [-0.2, -0.15) is 0 Å². The Morgan fingerprint density at radius 2 is 1.61 bits per heavy atom. The number of carbonyl (C=O) groups excluding carboxylic acids is 2. The number of esters is 1. The number of rotatable bonds is 10. The van der Waals surface area contributed by atoms with Crippen molar-refractivity contribution in [3.05, 3.63) is 59.7 Å². The third-order valence-electron chi connectivity index (χ3n) is 5.31. The largest absolute Gasteiger partial charge is 0.481 e. The van der Waals surface area contributed by atoms with Gasteiger partial charge in [0.25, 0.3) is 0 Å². The second-order valence-electron chi connectivity index (χ2n) is 7.48. The van der Waals surface area contributed by atoms with E-state index in [9.17, 15) is 14.4 Å². The highest BCUT2D eigenvalue weighted by Crippen LogP contribution is 2.44. The SMILES string of the molecule is CCCCOC(=O)[C@H](CCC(=O)O)NC(=O)OCC1c2ccccc2-c2ccccc21. The minimum atomic E-state index is -1.07. The summed E-state index contributed by atoms with van der Waals surface area (Å²) in [6.45, 7) is 2.30. The predicted octanol–water partition coefficient (Wildman–Crippen LogP) is 4.10. The van der Waals surface area contributed by atoms with Gasteiger partial charge in [-0.05, 0) is 35.1 Å². The fourth-order valence-corrected chi connectivity index (χ4v) is 3.72. The zero-order chi connectivity index (χ0) is 22.2. The molecule has 0 unspecified atom stereocenters. The monoisotopic (exact) mass is 425 g/mol. The van der Waals surface area contributed by atoms with Crippen molar-refractivity contribution >= 4 is 18.0 Å². The number of carboxylic acid groups (broad SMARTS) is 1. The van der Waals surface area contributed by atoms with E-state index in [0.29, 0.717) is 6.42 Å². The number of ether oxygens (including phenoxy) is 2. The van der Waals surface area contributed by atoms with Crippen molar-refractivity contribution in [1.29, 1.82) is 0 Å². The molecule has 0 saturated carbocycles. The van der Waals surface area contributed by atoms with Crippen molar-refractivity contribution in [2.24, 2.45) is 0 Å². The van der Waals surface area contributed by atoms with Gasteiger partial charge in [-0.1, -0.05) is 61.9 Å². The number of alkyl carbamates (subject to hydrolysis) is 1. The molecule has 31 heavy (non-hydrogen) atoms. The summed E-state index contributed by atoms with van der Waals surface area (Å²) < 4.78 is 10.6. The van der Waals surface area contributed by atoms with E-state index in [1.807, 2.05) is 55.5 Å². The summed E-state index contributed by atoms with van der Waals surface area (Å²) in [5.74, 6) is -1.81. The van der Waals surface area contributed by atoms with E-state index in [-0.39, 0.29) is 32.0 Å². The van der Waals surface area contributed by atoms with Crippen molar-refractivity contribution in [3.8, 4) is 11.1 Å². The predicted molar refractivity (Wildman–Crippen MR) is 115 cm³/mol. The number of carbonyl (C=O) groups is 3. The fraction of sp³-hybridized carbons (Fsp3) is 0.375. The van der Waals surface area contributed by atoms with Crippen LogP contribution in [0.3, 0.4) is 0 Å². The van der Waals surface area contributed by atoms with Gasteiger partial charge in [-0.25, -0.2) is 9.59 Å². The van der Waals surface area contributed by atoms with E-state index in [0.717, 1.165) is 28.7 Å². The Bertz CT molecular complexity index is 896. The minimum Gasteiger partial charge on any atom is -0.481 e. The van der Waals surface area contributed by atoms with E-state index in [2.05, 4.69) is 5.32 Å². The van der Waals surface area contributed by atoms with Gasteiger partial charge in [0, 0.05) is 12.3 Å². The quantitative estimate of drug-likeness (QED) is 0.439. The van der Waals surface area contributed by atoms with Gasteiger partial charge in [0.05, 0.1) is 6.61 Å². The maximum absolute atomic E-state index is 12.4. The molecule has 0 saturated heterocycles. The Morgan fingerprint density at radius 1 is 1.00 bits per heavy atom. The third kappa shape index (κ3) is 5.63. The second kappa shape index (κ2) is 10.6. The molecule has 1 aliphatic carbocycles. The van der Waals surface area contributed by atoms with Crippen molar-refractivity contribution in [2.45, 2.75) is 44.6 Å². The number of carboxylic acids is 1. The number of fused-ring (bicyclic) bond motifs is 3. The molecule has 2 aromatic carbocycles. The topological polar surface area (TPSA) is 102 Å². The average molecular weight is 425 g/mol. The lowest BCUT2D eigenvalue weighted by molar-refractivity contribution is -0.146. The standard InChI is InChI=1S/C24H27NO6/c1-2-3-14-30-23(28)21(12-13-22(26)27)25-24(29)31-15-20-18-10-6-4-8-16(18)17-9-5-7-11-19(17)20/h4-11,20-21H,2-3,12-15H2,1H3,(H,25,29)(H,26,27)/t21-/m0/s1. The number of hydrogen-bond donors (Lipinski definition) is 2. The number of benzene rings is 2. The summed E-state index contributed by atoms with van der Waals surface area (Å²) in [7, 11) is 0. The Balaban J connectivity index is 1.63. The molecule has 1 atom stereocenters. The Kier molecular flexibility index (Phi) is 7.65. The first-order valence-electron chi connectivity index (χ1n) is 10.5. The minimum absolute atomic E-state index is 0.0650. The van der Waals surface area contributed by atoms with Crippen molar-refractivity contribution < 1.29 is 29.0 Å². The summed E-state index contributed by atoms with van der Waals surface area (Å²) in [4.78, 5) is 35.6. The van der Waals surface area contributed by atoms with Gasteiger partial charge in [0.2, 0.25) is 0 Å². The van der Waals surface area contributed by atoms with Crippen LogP contribution in [-0.4, -0.2) is 42.4 Å². The highest BCUT2D eigenvalue weighted by Gasteiger charge is 2.30. The van der Waals surface area contributed by atoms with Crippen LogP contribution in [0.2, 0.25) is 0 Å². The zero-order valence-electron chi connectivity index (χ0n) is 17.5. The lowest BCUT2D eigenvalue weighted by Gasteiger charge is -2.19. The zero-order valence-corrected chi connectivity index (χ0v) is 17.5. The second-order valence-corrected chi connectivity index (χ2v) is 7.48. The maximum atomic E-state index is 12.4. The van der Waals surface area contributed by atoms with Gasteiger partial charge in [-0.3, -0.25) is 4.79 Å². The Labute approximate surface area is 181 Å². The van der Waals surface area contributed by atoms with Gasteiger partial charge in [0.15, 0.2) is 0 Å². The van der Waals surface area contributed by atoms with Crippen molar-refractivity contribution in [1.82, 2.24) is 5.32 Å². The highest BCUT2D eigenvalue weighted by atomic mass is 16.6. The number of amides is 1. The lowest BCUT2D eigenvalue weighted by Crippen LogP contribution is -2.42. The van der Waals surface area contributed by atoms with Crippen LogP contribution >= 0.6 is 0 Å². The molecule has 3 rings (SSSR count). The van der Waals surface area contributed by atoms with Gasteiger partial charge in [0.1, 0.15) is 12.6 Å². The summed E-state index contributed by atoms with van der Waals surface area (Å²) in [6.07, 6.45) is 0.446. The smallest absolute Gasteiger partial charge is 0.407 e. The van der Waals surface area contributed by atoms with Crippen LogP contribution in [0.1, 0.15) is 49.7 Å². The molecule has 0 radical (unpaired) electrons. The van der Waals surface area contributed by atoms with E-state index in [1.54, 1.807) is 0 Å². The number of aliphatic carboxylic acids is 1. The molecule has 1 amide bonds. The van der Waals surface area contributed by atoms with Crippen LogP contribution in [0.5, 0.6) is 0 Å². The van der Waals surface area contributed by atoms with Gasteiger partial charge in [-0.15, -0.1) is 0 Å². The van der Waals surface area contributed by atoms with Crippen LogP contribution in [-0.2, 0) is 19.1 Å². The molecule has 0 fully saturated rings. The molecule has 0 aliphatic heterocycles. The number of hydrogen-bond acceptors (Lipinski definition) is 5. The van der Waals surface area contributed by atoms with E-state index in [4.69, 9.17) is 14.6 Å². The van der Waals surface area contributed by atoms with Gasteiger partial charge >= 0.3 is 18.0 Å². The molecule has 2 N–H and O–H groups in total. The van der Waals surface area contributed by atoms with Gasteiger partial charge < -0.3 is 19.9 Å². The molecular weight excluding hydrogens is 398 g/mol. The lowest BCUT2D eigenvalue weighted by atomic mass is 9.98. The van der Waals surface area contributed by atoms with Crippen LogP contribution in [0.4, 0.5) is 4.79 Å². The Morgan fingerprint density at radius 3 is 2.19 bits per heavy atom. The average Bonchev–Trinajstić information content (AvgIpc) is 3.09. The molecule has 0 spiro atoms. The number of unbranched alkanes of at least 4 members (excludes halogenated alkanes) is 1. The first-order chi connectivity index (χ1) is 15.0. The van der Waals surface area contributed by atoms with Crippen LogP contribution in [0, 0.1) is 0 Å². The molecule has 2 aromatic rings. The van der Waals surface area contributed by atoms with Crippen molar-refractivity contribution in [3.63, 3.8) is 0 Å². The molecule has 164 valence electrons. The first kappa shape index (κ1) is 22.3. The molecule has 0 bridgehead atoms. The van der Waals surface area contributed by atoms with E-state index < -0.39 is 24.1 Å². The van der Waals surface area contributed by atoms with Crippen molar-refractivity contribution in [2.75, 3.05) is 13.2 Å². The molecule has 7 nitrogen and oxygen atoms in total. The van der Waals surface area contributed by atoms with Crippen LogP contribution in [0.25, 0.3) is 11.1 Å². The summed E-state index contributed by atoms with van der Waals surface area (Å²) in [6, 6.07) is 14.9. The fourth-order valence-electron chi connectivity index (χ4n) is 3.72. The first-order valence-corrected chi connectivity index (χ1v) is 10.5. The highest BCUT2D eigenvalue weighted by molar-refractivity contribution is 5.82. The van der Waals surface area contributed by atoms with E-state index in [1.165, 1.54) is 0 Å². The van der Waals surface area contributed by atoms with Crippen LogP contribution in [0.15, 0.2) is 48.5 Å². The molecule has 0 aromatic heterocycles. The molecule has 7 heteroatoms. The third-order valence-corrected chi connectivity index (χ3v) is 5.31.